The van der Waals surface area contributed by atoms with Gasteiger partial charge in [0.15, 0.2) is 0 Å². The van der Waals surface area contributed by atoms with E-state index < -0.39 is 11.4 Å². The Labute approximate surface area is 101 Å². The van der Waals surface area contributed by atoms with Crippen LogP contribution >= 0.6 is 0 Å². The third-order valence-electron chi connectivity index (χ3n) is 4.09. The first-order chi connectivity index (χ1) is 8.10. The van der Waals surface area contributed by atoms with Gasteiger partial charge in [-0.15, -0.1) is 0 Å². The van der Waals surface area contributed by atoms with Crippen molar-refractivity contribution in [2.24, 2.45) is 5.41 Å². The summed E-state index contributed by atoms with van der Waals surface area (Å²) < 4.78 is 5.24. The average Bonchev–Trinajstić information content (AvgIpc) is 2.27. The molecule has 1 aliphatic carbocycles. The van der Waals surface area contributed by atoms with Gasteiger partial charge in [0.2, 0.25) is 5.91 Å². The second-order valence-electron chi connectivity index (χ2n) is 4.97. The Morgan fingerprint density at radius 3 is 2.24 bits per heavy atom. The highest BCUT2D eigenvalue weighted by Gasteiger charge is 2.53. The van der Waals surface area contributed by atoms with Gasteiger partial charge < -0.3 is 14.7 Å². The molecule has 1 saturated carbocycles. The fourth-order valence-corrected chi connectivity index (χ4v) is 2.65. The lowest BCUT2D eigenvalue weighted by Crippen LogP contribution is -2.54. The summed E-state index contributed by atoms with van der Waals surface area (Å²) in [7, 11) is 1.67. The van der Waals surface area contributed by atoms with E-state index in [2.05, 4.69) is 0 Å². The number of likely N-dealkylation sites (tertiary alicyclic amines) is 1. The molecule has 0 radical (unpaired) electrons. The minimum Gasteiger partial charge on any atom is -0.480 e. The molecule has 0 atom stereocenters. The number of piperidine rings is 1. The van der Waals surface area contributed by atoms with Crippen molar-refractivity contribution in [3.8, 4) is 0 Å². The van der Waals surface area contributed by atoms with Crippen molar-refractivity contribution in [1.29, 1.82) is 0 Å². The third kappa shape index (κ3) is 2.04. The Hall–Kier alpha value is -1.10. The minimum absolute atomic E-state index is 0.189. The van der Waals surface area contributed by atoms with E-state index in [-0.39, 0.29) is 12.0 Å². The van der Waals surface area contributed by atoms with E-state index in [4.69, 9.17) is 4.74 Å². The Morgan fingerprint density at radius 1 is 1.29 bits per heavy atom. The molecule has 1 N–H and O–H groups in total. The van der Waals surface area contributed by atoms with Crippen LogP contribution < -0.4 is 0 Å². The zero-order chi connectivity index (χ0) is 12.5. The Morgan fingerprint density at radius 2 is 1.88 bits per heavy atom. The fraction of sp³-hybridized carbons (Fsp3) is 0.833. The highest BCUT2D eigenvalue weighted by molar-refractivity contribution is 6.02. The van der Waals surface area contributed by atoms with Gasteiger partial charge in [-0.05, 0) is 25.7 Å². The number of ether oxygens (including phenoxy) is 1. The number of carboxylic acids is 1. The minimum atomic E-state index is -1.11. The van der Waals surface area contributed by atoms with Gasteiger partial charge in [-0.2, -0.15) is 0 Å². The second kappa shape index (κ2) is 4.64. The van der Waals surface area contributed by atoms with Crippen molar-refractivity contribution in [3.63, 3.8) is 0 Å². The van der Waals surface area contributed by atoms with Crippen LogP contribution in [0.2, 0.25) is 0 Å². The van der Waals surface area contributed by atoms with Crippen molar-refractivity contribution < 1.29 is 19.4 Å². The molecule has 2 rings (SSSR count). The summed E-state index contributed by atoms with van der Waals surface area (Å²) in [5, 5.41) is 9.21. The molecular formula is C12H19NO4. The summed E-state index contributed by atoms with van der Waals surface area (Å²) in [5.74, 6) is -1.14. The molecule has 5 heteroatoms. The third-order valence-corrected chi connectivity index (χ3v) is 4.09. The number of aliphatic carboxylic acids is 1. The van der Waals surface area contributed by atoms with Crippen LogP contribution in [-0.2, 0) is 14.3 Å². The van der Waals surface area contributed by atoms with Crippen molar-refractivity contribution in [2.75, 3.05) is 20.2 Å². The van der Waals surface area contributed by atoms with E-state index in [1.165, 1.54) is 0 Å². The molecule has 1 aliphatic heterocycles. The van der Waals surface area contributed by atoms with Crippen LogP contribution in [0, 0.1) is 5.41 Å². The van der Waals surface area contributed by atoms with E-state index >= 15 is 0 Å². The summed E-state index contributed by atoms with van der Waals surface area (Å²) in [5.41, 5.74) is -1.11. The lowest BCUT2D eigenvalue weighted by atomic mass is 9.67. The van der Waals surface area contributed by atoms with Crippen molar-refractivity contribution in [2.45, 2.75) is 38.2 Å². The highest BCUT2D eigenvalue weighted by atomic mass is 16.5. The largest absolute Gasteiger partial charge is 0.480 e. The van der Waals surface area contributed by atoms with Crippen LogP contribution in [0.1, 0.15) is 32.1 Å². The van der Waals surface area contributed by atoms with Gasteiger partial charge in [-0.3, -0.25) is 9.59 Å². The molecule has 0 bridgehead atoms. The van der Waals surface area contributed by atoms with Gasteiger partial charge in [0.05, 0.1) is 6.10 Å². The maximum atomic E-state index is 12.2. The molecular weight excluding hydrogens is 222 g/mol. The van der Waals surface area contributed by atoms with Crippen molar-refractivity contribution in [3.05, 3.63) is 0 Å². The quantitative estimate of drug-likeness (QED) is 0.745. The van der Waals surface area contributed by atoms with Gasteiger partial charge in [-0.25, -0.2) is 0 Å². The van der Waals surface area contributed by atoms with E-state index in [0.717, 1.165) is 19.3 Å². The molecule has 0 unspecified atom stereocenters. The van der Waals surface area contributed by atoms with Crippen LogP contribution in [0.25, 0.3) is 0 Å². The lowest BCUT2D eigenvalue weighted by Gasteiger charge is -2.42. The molecule has 1 saturated heterocycles. The van der Waals surface area contributed by atoms with Crippen molar-refractivity contribution >= 4 is 11.9 Å². The molecule has 1 amide bonds. The SMILES string of the molecule is COC1CCN(C(=O)C2(C(=O)O)CCC2)CC1. The van der Waals surface area contributed by atoms with Crippen LogP contribution in [0.15, 0.2) is 0 Å². The van der Waals surface area contributed by atoms with Crippen LogP contribution in [0.3, 0.4) is 0 Å². The molecule has 5 nitrogen and oxygen atoms in total. The molecule has 2 aliphatic rings. The Bertz CT molecular complexity index is 316. The second-order valence-corrected chi connectivity index (χ2v) is 4.97. The van der Waals surface area contributed by atoms with Crippen molar-refractivity contribution in [1.82, 2.24) is 4.90 Å². The number of amides is 1. The number of carbonyl (C=O) groups is 2. The number of hydrogen-bond acceptors (Lipinski definition) is 3. The first-order valence-corrected chi connectivity index (χ1v) is 6.16. The number of rotatable bonds is 3. The van der Waals surface area contributed by atoms with Gasteiger partial charge in [-0.1, -0.05) is 6.42 Å². The average molecular weight is 241 g/mol. The molecule has 17 heavy (non-hydrogen) atoms. The summed E-state index contributed by atoms with van der Waals surface area (Å²) in [6, 6.07) is 0. The summed E-state index contributed by atoms with van der Waals surface area (Å²) >= 11 is 0. The van der Waals surface area contributed by atoms with E-state index in [1.807, 2.05) is 0 Å². The van der Waals surface area contributed by atoms with Gasteiger partial charge >= 0.3 is 5.97 Å². The smallest absolute Gasteiger partial charge is 0.319 e. The zero-order valence-electron chi connectivity index (χ0n) is 10.1. The zero-order valence-corrected chi connectivity index (χ0v) is 10.1. The predicted octanol–water partition coefficient (Wildman–Crippen LogP) is 0.879. The first kappa shape index (κ1) is 12.4. The topological polar surface area (TPSA) is 66.8 Å². The van der Waals surface area contributed by atoms with Gasteiger partial charge in [0.25, 0.3) is 0 Å². The first-order valence-electron chi connectivity index (χ1n) is 6.16. The number of methoxy groups -OCH3 is 1. The number of hydrogen-bond donors (Lipinski definition) is 1. The Kier molecular flexibility index (Phi) is 3.38. The molecule has 1 heterocycles. The summed E-state index contributed by atoms with van der Waals surface area (Å²) in [6.07, 6.45) is 3.64. The number of carbonyl (C=O) groups excluding carboxylic acids is 1. The van der Waals surface area contributed by atoms with Crippen LogP contribution in [0.4, 0.5) is 0 Å². The highest BCUT2D eigenvalue weighted by Crippen LogP contribution is 2.43. The van der Waals surface area contributed by atoms with Crippen LogP contribution in [-0.4, -0.2) is 48.2 Å². The standard InChI is InChI=1S/C12H19NO4/c1-17-9-3-7-13(8-4-9)10(14)12(11(15)16)5-2-6-12/h9H,2-8H2,1H3,(H,15,16). The number of carboxylic acid groups (broad SMARTS) is 1. The monoisotopic (exact) mass is 241 g/mol. The Balaban J connectivity index is 1.99. The molecule has 96 valence electrons. The predicted molar refractivity (Wildman–Crippen MR) is 60.5 cm³/mol. The van der Waals surface area contributed by atoms with Gasteiger partial charge in [0.1, 0.15) is 5.41 Å². The molecule has 0 aromatic carbocycles. The van der Waals surface area contributed by atoms with Gasteiger partial charge in [0, 0.05) is 20.2 Å². The molecule has 0 aromatic rings. The fourth-order valence-electron chi connectivity index (χ4n) is 2.65. The summed E-state index contributed by atoms with van der Waals surface area (Å²) in [6.45, 7) is 1.23. The molecule has 0 spiro atoms. The maximum absolute atomic E-state index is 12.2. The lowest BCUT2D eigenvalue weighted by molar-refractivity contribution is -0.168. The molecule has 2 fully saturated rings. The molecule has 0 aromatic heterocycles. The normalized spacial score (nSPS) is 24.2. The maximum Gasteiger partial charge on any atom is 0.319 e. The van der Waals surface area contributed by atoms with E-state index in [9.17, 15) is 14.7 Å². The summed E-state index contributed by atoms with van der Waals surface area (Å²) in [4.78, 5) is 25.2. The van der Waals surface area contributed by atoms with E-state index in [1.54, 1.807) is 12.0 Å². The van der Waals surface area contributed by atoms with E-state index in [0.29, 0.717) is 25.9 Å². The van der Waals surface area contributed by atoms with Crippen LogP contribution in [0.5, 0.6) is 0 Å². The number of nitrogens with zero attached hydrogens (tertiary/aromatic N) is 1.